The molecular weight excluding hydrogens is 457 g/mol. The number of hydrogen-bond donors (Lipinski definition) is 0. The van der Waals surface area contributed by atoms with E-state index in [0.717, 1.165) is 0 Å². The molecule has 178 valence electrons. The molecule has 9 rings (SSSR count). The van der Waals surface area contributed by atoms with Crippen molar-refractivity contribution >= 4 is 40.3 Å². The van der Waals surface area contributed by atoms with Crippen molar-refractivity contribution < 1.29 is 0 Å². The molecule has 2 heterocycles. The molecule has 0 fully saturated rings. The van der Waals surface area contributed by atoms with Gasteiger partial charge in [0.25, 0.3) is 0 Å². The zero-order valence-corrected chi connectivity index (χ0v) is 21.6. The van der Waals surface area contributed by atoms with Gasteiger partial charge >= 0.3 is 0 Å². The van der Waals surface area contributed by atoms with Crippen molar-refractivity contribution in [2.24, 2.45) is 11.8 Å². The predicted molar refractivity (Wildman–Crippen MR) is 160 cm³/mol. The molecule has 0 N–H and O–H groups in total. The molecule has 0 aromatic heterocycles. The summed E-state index contributed by atoms with van der Waals surface area (Å²) in [5.74, 6) is 0.819. The lowest BCUT2D eigenvalue weighted by atomic mass is 9.29. The molecule has 2 atom stereocenters. The van der Waals surface area contributed by atoms with Crippen LogP contribution in [-0.4, -0.2) is 6.71 Å². The molecule has 4 aliphatic carbocycles. The van der Waals surface area contributed by atoms with Gasteiger partial charge in [-0.25, -0.2) is 0 Å². The Balaban J connectivity index is 1.39. The summed E-state index contributed by atoms with van der Waals surface area (Å²) in [6.07, 6.45) is 18.9. The number of hydrogen-bond acceptors (Lipinski definition) is 1. The molecule has 3 aromatic rings. The van der Waals surface area contributed by atoms with Crippen LogP contribution in [0.3, 0.4) is 0 Å². The predicted octanol–water partition coefficient (Wildman–Crippen LogP) is 7.11. The minimum absolute atomic E-state index is 0.228. The topological polar surface area (TPSA) is 3.24 Å². The minimum Gasteiger partial charge on any atom is -0.312 e. The molecule has 2 heteroatoms. The zero-order valence-electron chi connectivity index (χ0n) is 21.6. The highest BCUT2D eigenvalue weighted by Crippen LogP contribution is 2.56. The molecule has 0 radical (unpaired) electrons. The van der Waals surface area contributed by atoms with Gasteiger partial charge < -0.3 is 4.90 Å². The van der Waals surface area contributed by atoms with Crippen molar-refractivity contribution in [3.63, 3.8) is 0 Å². The van der Waals surface area contributed by atoms with E-state index in [2.05, 4.69) is 128 Å². The van der Waals surface area contributed by atoms with Crippen molar-refractivity contribution in [3.8, 4) is 0 Å². The number of anilines is 3. The van der Waals surface area contributed by atoms with E-state index in [1.165, 1.54) is 72.4 Å². The second-order valence-electron chi connectivity index (χ2n) is 11.5. The van der Waals surface area contributed by atoms with E-state index in [-0.39, 0.29) is 6.71 Å². The van der Waals surface area contributed by atoms with E-state index in [1.807, 2.05) is 0 Å². The van der Waals surface area contributed by atoms with Gasteiger partial charge in [-0.1, -0.05) is 102 Å². The van der Waals surface area contributed by atoms with Gasteiger partial charge in [0.05, 0.1) is 0 Å². The average molecular weight is 483 g/mol. The molecule has 38 heavy (non-hydrogen) atoms. The first-order valence-electron chi connectivity index (χ1n) is 13.7. The standard InChI is InChI=1S/C36H26BN/c1-21-9-15-26(16-10-21)38-31-18-11-22(2)19-29(31)37-30-20-25-6-3-5-23-12-13-24-14-17-27(35(30)34(24)33(23)25)28-7-4-8-32(38)36(28)37/h3-20,33-34H,1-2H3. The minimum atomic E-state index is 0.228. The van der Waals surface area contributed by atoms with Crippen LogP contribution in [0.25, 0.3) is 5.57 Å². The van der Waals surface area contributed by atoms with Crippen molar-refractivity contribution in [3.05, 3.63) is 154 Å². The van der Waals surface area contributed by atoms with Gasteiger partial charge in [0, 0.05) is 28.9 Å². The third kappa shape index (κ3) is 2.53. The van der Waals surface area contributed by atoms with Crippen molar-refractivity contribution in [2.45, 2.75) is 13.8 Å². The Hall–Kier alpha value is -4.30. The maximum Gasteiger partial charge on any atom is 0.247 e. The maximum absolute atomic E-state index is 2.55. The molecule has 0 amide bonds. The first-order valence-corrected chi connectivity index (χ1v) is 13.7. The molecule has 2 unspecified atom stereocenters. The lowest BCUT2D eigenvalue weighted by Crippen LogP contribution is -2.56. The highest BCUT2D eigenvalue weighted by atomic mass is 15.1. The van der Waals surface area contributed by atoms with Gasteiger partial charge in [0.1, 0.15) is 0 Å². The molecule has 0 bridgehead atoms. The normalized spacial score (nSPS) is 22.7. The largest absolute Gasteiger partial charge is 0.312 e. The molecule has 3 aromatic carbocycles. The number of aryl methyl sites for hydroxylation is 2. The molecule has 2 aliphatic heterocycles. The number of benzene rings is 3. The third-order valence-corrected chi connectivity index (χ3v) is 9.37. The van der Waals surface area contributed by atoms with Gasteiger partial charge in [0.15, 0.2) is 0 Å². The van der Waals surface area contributed by atoms with Crippen LogP contribution in [0.15, 0.2) is 137 Å². The lowest BCUT2D eigenvalue weighted by molar-refractivity contribution is 0.563. The zero-order chi connectivity index (χ0) is 25.1. The van der Waals surface area contributed by atoms with Crippen molar-refractivity contribution in [1.29, 1.82) is 0 Å². The lowest BCUT2D eigenvalue weighted by Gasteiger charge is -2.48. The van der Waals surface area contributed by atoms with Crippen LogP contribution < -0.4 is 15.8 Å². The molecule has 1 nitrogen and oxygen atoms in total. The summed E-state index contributed by atoms with van der Waals surface area (Å²) in [7, 11) is 0. The van der Waals surface area contributed by atoms with Gasteiger partial charge in [-0.2, -0.15) is 0 Å². The summed E-state index contributed by atoms with van der Waals surface area (Å²) in [5, 5.41) is 0. The summed E-state index contributed by atoms with van der Waals surface area (Å²) in [4.78, 5) is 2.49. The van der Waals surface area contributed by atoms with Crippen LogP contribution in [-0.2, 0) is 0 Å². The second-order valence-corrected chi connectivity index (χ2v) is 11.5. The highest BCUT2D eigenvalue weighted by Gasteiger charge is 2.49. The Morgan fingerprint density at radius 2 is 1.53 bits per heavy atom. The van der Waals surface area contributed by atoms with E-state index < -0.39 is 0 Å². The van der Waals surface area contributed by atoms with Crippen molar-refractivity contribution in [1.82, 2.24) is 0 Å². The van der Waals surface area contributed by atoms with E-state index in [0.29, 0.717) is 11.8 Å². The fourth-order valence-electron chi connectivity index (χ4n) is 7.81. The quantitative estimate of drug-likeness (QED) is 0.334. The monoisotopic (exact) mass is 483 g/mol. The first-order chi connectivity index (χ1) is 18.7. The van der Waals surface area contributed by atoms with Crippen LogP contribution in [0.5, 0.6) is 0 Å². The summed E-state index contributed by atoms with van der Waals surface area (Å²) >= 11 is 0. The maximum atomic E-state index is 2.55. The van der Waals surface area contributed by atoms with Gasteiger partial charge in [-0.05, 0) is 82.5 Å². The highest BCUT2D eigenvalue weighted by molar-refractivity contribution is 6.95. The summed E-state index contributed by atoms with van der Waals surface area (Å²) < 4.78 is 0. The smallest absolute Gasteiger partial charge is 0.247 e. The van der Waals surface area contributed by atoms with E-state index in [4.69, 9.17) is 0 Å². The van der Waals surface area contributed by atoms with E-state index >= 15 is 0 Å². The van der Waals surface area contributed by atoms with E-state index in [1.54, 1.807) is 5.57 Å². The van der Waals surface area contributed by atoms with Crippen LogP contribution in [0, 0.1) is 25.7 Å². The molecule has 0 saturated carbocycles. The van der Waals surface area contributed by atoms with Gasteiger partial charge in [-0.3, -0.25) is 0 Å². The number of fused-ring (bicyclic) bond motifs is 4. The average Bonchev–Trinajstić information content (AvgIpc) is 2.95. The van der Waals surface area contributed by atoms with Gasteiger partial charge in [0.2, 0.25) is 6.71 Å². The Morgan fingerprint density at radius 1 is 0.711 bits per heavy atom. The summed E-state index contributed by atoms with van der Waals surface area (Å²) in [6.45, 7) is 4.62. The van der Waals surface area contributed by atoms with Crippen LogP contribution >= 0.6 is 0 Å². The molecular formula is C36H26BN. The van der Waals surface area contributed by atoms with Crippen molar-refractivity contribution in [2.75, 3.05) is 4.90 Å². The fourth-order valence-corrected chi connectivity index (χ4v) is 7.81. The van der Waals surface area contributed by atoms with Crippen LogP contribution in [0.1, 0.15) is 16.7 Å². The first kappa shape index (κ1) is 20.7. The molecule has 0 saturated heterocycles. The fraction of sp³-hybridized carbons (Fsp3) is 0.111. The van der Waals surface area contributed by atoms with Crippen LogP contribution in [0.2, 0.25) is 0 Å². The number of nitrogens with zero attached hydrogens (tertiary/aromatic N) is 1. The van der Waals surface area contributed by atoms with Crippen LogP contribution in [0.4, 0.5) is 17.1 Å². The SMILES string of the molecule is Cc1ccc(N2c3ccc(C)cc3B3C4=CC5=CC=CC6=CC=C7C=CC(=C4C7C65)c4cccc2c43)cc1. The number of rotatable bonds is 1. The Bertz CT molecular complexity index is 1840. The number of allylic oxidation sites excluding steroid dienone is 14. The molecule has 0 spiro atoms. The molecule has 6 aliphatic rings. The summed E-state index contributed by atoms with van der Waals surface area (Å²) in [6, 6.07) is 23.0. The van der Waals surface area contributed by atoms with Gasteiger partial charge in [-0.15, -0.1) is 0 Å². The Kier molecular flexibility index (Phi) is 3.91. The second kappa shape index (κ2) is 7.17. The Labute approximate surface area is 224 Å². The summed E-state index contributed by atoms with van der Waals surface area (Å²) in [5.41, 5.74) is 19.5. The Morgan fingerprint density at radius 3 is 2.39 bits per heavy atom. The van der Waals surface area contributed by atoms with E-state index in [9.17, 15) is 0 Å². The third-order valence-electron chi connectivity index (χ3n) is 9.37.